The Balaban J connectivity index is 2.82. The zero-order chi connectivity index (χ0) is 16.0. The Morgan fingerprint density at radius 1 is 1.19 bits per heavy atom. The van der Waals surface area contributed by atoms with Crippen LogP contribution in [0.5, 0.6) is 0 Å². The standard InChI is InChI=1S/C15H23NO4S/c1-12(2)21(19,20)11-10-16(9-8-15(17)18)14-6-4-13(3)5-7-14/h4-7,12H,8-11H2,1-3H3,(H,17,18). The molecule has 0 aliphatic carbocycles. The van der Waals surface area contributed by atoms with Crippen molar-refractivity contribution in [2.45, 2.75) is 32.4 Å². The van der Waals surface area contributed by atoms with Crippen LogP contribution >= 0.6 is 0 Å². The van der Waals surface area contributed by atoms with E-state index in [4.69, 9.17) is 5.11 Å². The van der Waals surface area contributed by atoms with Gasteiger partial charge in [0.2, 0.25) is 0 Å². The van der Waals surface area contributed by atoms with E-state index in [1.165, 1.54) is 0 Å². The molecule has 0 spiro atoms. The molecule has 1 aromatic rings. The van der Waals surface area contributed by atoms with Crippen LogP contribution < -0.4 is 4.90 Å². The van der Waals surface area contributed by atoms with Gasteiger partial charge in [0.05, 0.1) is 17.4 Å². The van der Waals surface area contributed by atoms with Gasteiger partial charge in [-0.05, 0) is 32.9 Å². The van der Waals surface area contributed by atoms with Crippen molar-refractivity contribution in [3.8, 4) is 0 Å². The van der Waals surface area contributed by atoms with Gasteiger partial charge >= 0.3 is 5.97 Å². The molecule has 6 heteroatoms. The summed E-state index contributed by atoms with van der Waals surface area (Å²) >= 11 is 0. The highest BCUT2D eigenvalue weighted by Gasteiger charge is 2.18. The number of hydrogen-bond donors (Lipinski definition) is 1. The zero-order valence-corrected chi connectivity index (χ0v) is 13.6. The Morgan fingerprint density at radius 3 is 2.24 bits per heavy atom. The van der Waals surface area contributed by atoms with Gasteiger partial charge in [-0.3, -0.25) is 4.79 Å². The molecule has 0 aliphatic heterocycles. The van der Waals surface area contributed by atoms with Crippen LogP contribution in [0.4, 0.5) is 5.69 Å². The average molecular weight is 313 g/mol. The fourth-order valence-corrected chi connectivity index (χ4v) is 2.78. The van der Waals surface area contributed by atoms with Crippen LogP contribution in [-0.4, -0.2) is 43.6 Å². The molecule has 5 nitrogen and oxygen atoms in total. The van der Waals surface area contributed by atoms with Crippen LogP contribution in [0, 0.1) is 6.92 Å². The highest BCUT2D eigenvalue weighted by molar-refractivity contribution is 7.92. The molecule has 0 heterocycles. The van der Waals surface area contributed by atoms with Crippen molar-refractivity contribution in [1.82, 2.24) is 0 Å². The predicted molar refractivity (Wildman–Crippen MR) is 84.6 cm³/mol. The van der Waals surface area contributed by atoms with E-state index in [1.807, 2.05) is 36.1 Å². The fourth-order valence-electron chi connectivity index (χ4n) is 1.83. The number of anilines is 1. The molecule has 1 aromatic carbocycles. The number of carboxylic acid groups (broad SMARTS) is 1. The average Bonchev–Trinajstić information content (AvgIpc) is 2.39. The Labute approximate surface area is 126 Å². The Hall–Kier alpha value is -1.56. The topological polar surface area (TPSA) is 74.7 Å². The summed E-state index contributed by atoms with van der Waals surface area (Å²) < 4.78 is 23.8. The minimum Gasteiger partial charge on any atom is -0.481 e. The Kier molecular flexibility index (Phi) is 6.20. The van der Waals surface area contributed by atoms with Gasteiger partial charge in [0.1, 0.15) is 0 Å². The molecule has 0 aliphatic rings. The van der Waals surface area contributed by atoms with Crippen LogP contribution in [0.2, 0.25) is 0 Å². The monoisotopic (exact) mass is 313 g/mol. The van der Waals surface area contributed by atoms with Gasteiger partial charge in [0.15, 0.2) is 9.84 Å². The SMILES string of the molecule is Cc1ccc(N(CCC(=O)O)CCS(=O)(=O)C(C)C)cc1. The summed E-state index contributed by atoms with van der Waals surface area (Å²) in [6, 6.07) is 7.64. The number of benzene rings is 1. The quantitative estimate of drug-likeness (QED) is 0.795. The second-order valence-electron chi connectivity index (χ2n) is 5.38. The van der Waals surface area contributed by atoms with Gasteiger partial charge < -0.3 is 10.0 Å². The molecule has 0 bridgehead atoms. The predicted octanol–water partition coefficient (Wildman–Crippen LogP) is 2.10. The third-order valence-corrected chi connectivity index (χ3v) is 5.55. The summed E-state index contributed by atoms with van der Waals surface area (Å²) in [5.41, 5.74) is 1.95. The highest BCUT2D eigenvalue weighted by Crippen LogP contribution is 2.16. The number of sulfone groups is 1. The van der Waals surface area contributed by atoms with E-state index >= 15 is 0 Å². The van der Waals surface area contributed by atoms with Gasteiger partial charge in [-0.1, -0.05) is 17.7 Å². The fraction of sp³-hybridized carbons (Fsp3) is 0.533. The first-order valence-electron chi connectivity index (χ1n) is 6.97. The van der Waals surface area contributed by atoms with E-state index < -0.39 is 21.1 Å². The first kappa shape index (κ1) is 17.5. The van der Waals surface area contributed by atoms with Crippen LogP contribution in [-0.2, 0) is 14.6 Å². The lowest BCUT2D eigenvalue weighted by Crippen LogP contribution is -2.33. The van der Waals surface area contributed by atoms with Crippen molar-refractivity contribution in [1.29, 1.82) is 0 Å². The van der Waals surface area contributed by atoms with Gasteiger partial charge in [0.25, 0.3) is 0 Å². The molecular formula is C15H23NO4S. The number of carboxylic acids is 1. The maximum absolute atomic E-state index is 11.9. The van der Waals surface area contributed by atoms with E-state index in [0.717, 1.165) is 11.3 Å². The summed E-state index contributed by atoms with van der Waals surface area (Å²) in [7, 11) is -3.14. The summed E-state index contributed by atoms with van der Waals surface area (Å²) in [6.45, 7) is 5.88. The third kappa shape index (κ3) is 5.75. The summed E-state index contributed by atoms with van der Waals surface area (Å²) in [5, 5.41) is 8.41. The molecule has 0 fully saturated rings. The van der Waals surface area contributed by atoms with Crippen LogP contribution in [0.3, 0.4) is 0 Å². The first-order valence-corrected chi connectivity index (χ1v) is 8.69. The van der Waals surface area contributed by atoms with Crippen molar-refractivity contribution < 1.29 is 18.3 Å². The molecular weight excluding hydrogens is 290 g/mol. The van der Waals surface area contributed by atoms with E-state index in [-0.39, 0.29) is 12.2 Å². The molecule has 1 N–H and O–H groups in total. The molecule has 1 rings (SSSR count). The van der Waals surface area contributed by atoms with Crippen molar-refractivity contribution in [3.63, 3.8) is 0 Å². The van der Waals surface area contributed by atoms with Crippen LogP contribution in [0.25, 0.3) is 0 Å². The number of rotatable bonds is 8. The molecule has 0 saturated carbocycles. The normalized spacial score (nSPS) is 11.6. The Morgan fingerprint density at radius 2 is 1.76 bits per heavy atom. The van der Waals surface area contributed by atoms with Gasteiger partial charge in [-0.15, -0.1) is 0 Å². The maximum Gasteiger partial charge on any atom is 0.305 e. The smallest absolute Gasteiger partial charge is 0.305 e. The van der Waals surface area contributed by atoms with Gasteiger partial charge in [-0.25, -0.2) is 8.42 Å². The van der Waals surface area contributed by atoms with Crippen LogP contribution in [0.1, 0.15) is 25.8 Å². The zero-order valence-electron chi connectivity index (χ0n) is 12.7. The molecule has 0 saturated heterocycles. The minimum absolute atomic E-state index is 0.0183. The number of carbonyl (C=O) groups is 1. The molecule has 118 valence electrons. The minimum atomic E-state index is -3.14. The van der Waals surface area contributed by atoms with E-state index in [0.29, 0.717) is 13.1 Å². The van der Waals surface area contributed by atoms with E-state index in [1.54, 1.807) is 13.8 Å². The Bertz CT molecular complexity index is 564. The number of aliphatic carboxylic acids is 1. The molecule has 0 unspecified atom stereocenters. The van der Waals surface area contributed by atoms with Crippen molar-refractivity contribution in [3.05, 3.63) is 29.8 Å². The summed E-state index contributed by atoms with van der Waals surface area (Å²) in [5.74, 6) is -0.864. The maximum atomic E-state index is 11.9. The lowest BCUT2D eigenvalue weighted by atomic mass is 10.2. The molecule has 0 aromatic heterocycles. The summed E-state index contributed by atoms with van der Waals surface area (Å²) in [6.07, 6.45) is -0.0183. The second kappa shape index (κ2) is 7.45. The molecule has 21 heavy (non-hydrogen) atoms. The van der Waals surface area contributed by atoms with E-state index in [9.17, 15) is 13.2 Å². The largest absolute Gasteiger partial charge is 0.481 e. The number of aryl methyl sites for hydroxylation is 1. The number of nitrogens with zero attached hydrogens (tertiary/aromatic N) is 1. The molecule has 0 amide bonds. The highest BCUT2D eigenvalue weighted by atomic mass is 32.2. The first-order chi connectivity index (χ1) is 9.72. The molecule has 0 atom stereocenters. The third-order valence-electron chi connectivity index (χ3n) is 3.36. The van der Waals surface area contributed by atoms with Gasteiger partial charge in [0, 0.05) is 18.8 Å². The van der Waals surface area contributed by atoms with Gasteiger partial charge in [-0.2, -0.15) is 0 Å². The second-order valence-corrected chi connectivity index (χ2v) is 8.06. The van der Waals surface area contributed by atoms with Crippen molar-refractivity contribution in [2.75, 3.05) is 23.7 Å². The van der Waals surface area contributed by atoms with Crippen molar-refractivity contribution in [2.24, 2.45) is 0 Å². The van der Waals surface area contributed by atoms with Crippen LogP contribution in [0.15, 0.2) is 24.3 Å². The van der Waals surface area contributed by atoms with Crippen molar-refractivity contribution >= 4 is 21.5 Å². The lowest BCUT2D eigenvalue weighted by molar-refractivity contribution is -0.136. The lowest BCUT2D eigenvalue weighted by Gasteiger charge is -2.24. The van der Waals surface area contributed by atoms with E-state index in [2.05, 4.69) is 0 Å². The number of hydrogen-bond acceptors (Lipinski definition) is 4. The molecule has 0 radical (unpaired) electrons. The summed E-state index contributed by atoms with van der Waals surface area (Å²) in [4.78, 5) is 12.6.